The molecule has 0 spiro atoms. The van der Waals surface area contributed by atoms with Gasteiger partial charge in [0.1, 0.15) is 5.82 Å². The van der Waals surface area contributed by atoms with Gasteiger partial charge in [-0.25, -0.2) is 12.8 Å². The zero-order valence-corrected chi connectivity index (χ0v) is 16.7. The number of nitrogens with zero attached hydrogens (tertiary/aromatic N) is 1. The largest absolute Gasteiger partial charge is 0.357 e. The fraction of sp³-hybridized carbons (Fsp3) is 0.350. The van der Waals surface area contributed by atoms with Crippen LogP contribution in [0.15, 0.2) is 58.4 Å². The number of sulfone groups is 1. The van der Waals surface area contributed by atoms with Crippen LogP contribution < -0.4 is 10.6 Å². The maximum absolute atomic E-state index is 13.8. The Hall–Kier alpha value is -2.41. The highest BCUT2D eigenvalue weighted by Gasteiger charge is 2.14. The minimum absolute atomic E-state index is 0.0822. The lowest BCUT2D eigenvalue weighted by atomic mass is 10.1. The molecular formula is C20H26FN3O2S. The number of rotatable bonds is 7. The van der Waals surface area contributed by atoms with Crippen molar-refractivity contribution in [3.8, 4) is 0 Å². The molecule has 27 heavy (non-hydrogen) atoms. The van der Waals surface area contributed by atoms with Crippen LogP contribution in [0.2, 0.25) is 0 Å². The average molecular weight is 392 g/mol. The maximum Gasteiger partial charge on any atom is 0.191 e. The second kappa shape index (κ2) is 9.50. The third kappa shape index (κ3) is 6.06. The first-order valence-corrected chi connectivity index (χ1v) is 10.6. The number of halogens is 1. The molecule has 0 radical (unpaired) electrons. The highest BCUT2D eigenvalue weighted by molar-refractivity contribution is 7.91. The van der Waals surface area contributed by atoms with Crippen molar-refractivity contribution in [3.63, 3.8) is 0 Å². The Morgan fingerprint density at radius 3 is 2.52 bits per heavy atom. The van der Waals surface area contributed by atoms with E-state index in [9.17, 15) is 12.8 Å². The van der Waals surface area contributed by atoms with Crippen LogP contribution in [0.25, 0.3) is 0 Å². The molecule has 7 heteroatoms. The molecule has 1 atom stereocenters. The minimum atomic E-state index is -3.37. The molecule has 146 valence electrons. The lowest BCUT2D eigenvalue weighted by molar-refractivity contribution is 0.595. The predicted molar refractivity (Wildman–Crippen MR) is 107 cm³/mol. The first-order chi connectivity index (χ1) is 12.8. The van der Waals surface area contributed by atoms with Gasteiger partial charge in [0.15, 0.2) is 15.8 Å². The van der Waals surface area contributed by atoms with E-state index in [-0.39, 0.29) is 24.2 Å². The highest BCUT2D eigenvalue weighted by atomic mass is 32.2. The molecule has 0 bridgehead atoms. The molecule has 5 nitrogen and oxygen atoms in total. The fourth-order valence-corrected chi connectivity index (χ4v) is 3.65. The molecule has 0 fully saturated rings. The summed E-state index contributed by atoms with van der Waals surface area (Å²) in [5, 5.41) is 6.27. The Kier molecular flexibility index (Phi) is 7.36. The van der Waals surface area contributed by atoms with E-state index in [1.54, 1.807) is 43.3 Å². The number of benzene rings is 2. The Bertz CT molecular complexity index is 883. The number of aliphatic imine (C=N–C) groups is 1. The highest BCUT2D eigenvalue weighted by Crippen LogP contribution is 2.16. The van der Waals surface area contributed by atoms with Crippen molar-refractivity contribution < 1.29 is 12.8 Å². The van der Waals surface area contributed by atoms with Crippen molar-refractivity contribution >= 4 is 15.8 Å². The van der Waals surface area contributed by atoms with Gasteiger partial charge in [-0.15, -0.1) is 0 Å². The number of hydrogen-bond acceptors (Lipinski definition) is 3. The number of nitrogens with one attached hydrogen (secondary N) is 2. The molecular weight excluding hydrogens is 365 g/mol. The van der Waals surface area contributed by atoms with Crippen molar-refractivity contribution in [2.45, 2.75) is 31.7 Å². The Balaban J connectivity index is 2.04. The standard InChI is InChI=1S/C20H26FN3O2S/c1-4-22-20(24-16(3)17-11-10-15(2)19(21)14-17)23-12-13-27(25,26)18-8-6-5-7-9-18/h5-11,14,16H,4,12-13H2,1-3H3,(H2,22,23,24). The SMILES string of the molecule is CCNC(=NCCS(=O)(=O)c1ccccc1)NC(C)c1ccc(C)c(F)c1. The van der Waals surface area contributed by atoms with Crippen LogP contribution in [0.5, 0.6) is 0 Å². The first-order valence-electron chi connectivity index (χ1n) is 8.92. The van der Waals surface area contributed by atoms with Crippen LogP contribution in [0, 0.1) is 12.7 Å². The topological polar surface area (TPSA) is 70.6 Å². The van der Waals surface area contributed by atoms with Gasteiger partial charge in [0.2, 0.25) is 0 Å². The summed E-state index contributed by atoms with van der Waals surface area (Å²) in [5.41, 5.74) is 1.39. The van der Waals surface area contributed by atoms with E-state index in [1.807, 2.05) is 19.9 Å². The quantitative estimate of drug-likeness (QED) is 0.562. The van der Waals surface area contributed by atoms with Crippen molar-refractivity contribution in [1.82, 2.24) is 10.6 Å². The van der Waals surface area contributed by atoms with Gasteiger partial charge in [0.25, 0.3) is 0 Å². The van der Waals surface area contributed by atoms with Crippen LogP contribution >= 0.6 is 0 Å². The molecule has 0 amide bonds. The van der Waals surface area contributed by atoms with E-state index in [2.05, 4.69) is 15.6 Å². The molecule has 0 heterocycles. The summed E-state index contributed by atoms with van der Waals surface area (Å²) in [5.74, 6) is 0.160. The normalized spacial score (nSPS) is 13.3. The fourth-order valence-electron chi connectivity index (χ4n) is 2.51. The molecule has 2 rings (SSSR count). The molecule has 0 aliphatic rings. The van der Waals surface area contributed by atoms with Gasteiger partial charge >= 0.3 is 0 Å². The Morgan fingerprint density at radius 1 is 1.19 bits per heavy atom. The molecule has 1 unspecified atom stereocenters. The molecule has 0 saturated heterocycles. The summed E-state index contributed by atoms with van der Waals surface area (Å²) >= 11 is 0. The zero-order chi connectivity index (χ0) is 19.9. The molecule has 2 aromatic rings. The summed E-state index contributed by atoms with van der Waals surface area (Å²) in [6, 6.07) is 13.2. The average Bonchev–Trinajstić information content (AvgIpc) is 2.64. The third-order valence-electron chi connectivity index (χ3n) is 4.13. The van der Waals surface area contributed by atoms with Gasteiger partial charge in [-0.2, -0.15) is 0 Å². The van der Waals surface area contributed by atoms with E-state index in [0.717, 1.165) is 5.56 Å². The van der Waals surface area contributed by atoms with Gasteiger partial charge in [-0.05, 0) is 50.1 Å². The molecule has 0 aliphatic heterocycles. The zero-order valence-electron chi connectivity index (χ0n) is 15.9. The summed E-state index contributed by atoms with van der Waals surface area (Å²) in [7, 11) is -3.37. The van der Waals surface area contributed by atoms with Crippen molar-refractivity contribution in [2.75, 3.05) is 18.8 Å². The van der Waals surface area contributed by atoms with E-state index < -0.39 is 9.84 Å². The lowest BCUT2D eigenvalue weighted by Crippen LogP contribution is -2.39. The monoisotopic (exact) mass is 391 g/mol. The first kappa shape index (κ1) is 20.9. The number of guanidine groups is 1. The van der Waals surface area contributed by atoms with Gasteiger partial charge < -0.3 is 10.6 Å². The number of hydrogen-bond donors (Lipinski definition) is 2. The predicted octanol–water partition coefficient (Wildman–Crippen LogP) is 3.22. The van der Waals surface area contributed by atoms with Gasteiger partial charge in [-0.3, -0.25) is 4.99 Å². The second-order valence-electron chi connectivity index (χ2n) is 6.27. The molecule has 0 saturated carbocycles. The molecule has 2 N–H and O–H groups in total. The summed E-state index contributed by atoms with van der Waals surface area (Å²) < 4.78 is 38.4. The molecule has 2 aromatic carbocycles. The van der Waals surface area contributed by atoms with Gasteiger partial charge in [-0.1, -0.05) is 30.3 Å². The third-order valence-corrected chi connectivity index (χ3v) is 5.84. The summed E-state index contributed by atoms with van der Waals surface area (Å²) in [6.45, 7) is 6.30. The van der Waals surface area contributed by atoms with Crippen LogP contribution in [0.1, 0.15) is 31.0 Å². The van der Waals surface area contributed by atoms with Crippen molar-refractivity contribution in [3.05, 3.63) is 65.5 Å². The maximum atomic E-state index is 13.8. The minimum Gasteiger partial charge on any atom is -0.357 e. The van der Waals surface area contributed by atoms with Crippen LogP contribution in [0.3, 0.4) is 0 Å². The van der Waals surface area contributed by atoms with Gasteiger partial charge in [0, 0.05) is 6.54 Å². The van der Waals surface area contributed by atoms with Crippen LogP contribution in [-0.4, -0.2) is 33.2 Å². The van der Waals surface area contributed by atoms with Gasteiger partial charge in [0.05, 0.1) is 23.2 Å². The van der Waals surface area contributed by atoms with Crippen molar-refractivity contribution in [2.24, 2.45) is 4.99 Å². The van der Waals surface area contributed by atoms with Crippen LogP contribution in [-0.2, 0) is 9.84 Å². The lowest BCUT2D eigenvalue weighted by Gasteiger charge is -2.18. The summed E-state index contributed by atoms with van der Waals surface area (Å²) in [4.78, 5) is 4.64. The molecule has 0 aromatic heterocycles. The van der Waals surface area contributed by atoms with Crippen molar-refractivity contribution in [1.29, 1.82) is 0 Å². The Labute approximate surface area is 160 Å². The van der Waals surface area contributed by atoms with E-state index in [0.29, 0.717) is 23.0 Å². The van der Waals surface area contributed by atoms with E-state index in [4.69, 9.17) is 0 Å². The van der Waals surface area contributed by atoms with Crippen LogP contribution in [0.4, 0.5) is 4.39 Å². The smallest absolute Gasteiger partial charge is 0.191 e. The summed E-state index contributed by atoms with van der Waals surface area (Å²) in [6.07, 6.45) is 0. The second-order valence-corrected chi connectivity index (χ2v) is 8.38. The van der Waals surface area contributed by atoms with E-state index >= 15 is 0 Å². The number of aryl methyl sites for hydroxylation is 1. The van der Waals surface area contributed by atoms with E-state index in [1.165, 1.54) is 6.07 Å². The molecule has 0 aliphatic carbocycles. The Morgan fingerprint density at radius 2 is 1.89 bits per heavy atom.